The molecule has 0 amide bonds. The maximum absolute atomic E-state index is 5.88. The highest BCUT2D eigenvalue weighted by molar-refractivity contribution is 5.44. The smallest absolute Gasteiger partial charge is 0.127 e. The highest BCUT2D eigenvalue weighted by Gasteiger charge is 2.20. The molecule has 0 radical (unpaired) electrons. The Morgan fingerprint density at radius 3 is 3.06 bits per heavy atom. The number of rotatable bonds is 5. The van der Waals surface area contributed by atoms with Gasteiger partial charge in [0.2, 0.25) is 0 Å². The van der Waals surface area contributed by atoms with Gasteiger partial charge in [-0.1, -0.05) is 0 Å². The molecule has 0 aliphatic carbocycles. The van der Waals surface area contributed by atoms with Crippen molar-refractivity contribution in [2.24, 2.45) is 5.73 Å². The summed E-state index contributed by atoms with van der Waals surface area (Å²) in [5.74, 6) is 1.72. The second-order valence-corrected chi connectivity index (χ2v) is 4.62. The van der Waals surface area contributed by atoms with E-state index in [1.165, 1.54) is 0 Å². The molecule has 17 heavy (non-hydrogen) atoms. The van der Waals surface area contributed by atoms with Crippen LogP contribution in [0, 0.1) is 0 Å². The predicted molar refractivity (Wildman–Crippen MR) is 67.5 cm³/mol. The van der Waals surface area contributed by atoms with E-state index in [4.69, 9.17) is 15.2 Å². The fraction of sp³-hybridized carbons (Fsp3) is 0.538. The van der Waals surface area contributed by atoms with Crippen LogP contribution in [-0.4, -0.2) is 38.8 Å². The summed E-state index contributed by atoms with van der Waals surface area (Å²) in [5.41, 5.74) is 6.95. The van der Waals surface area contributed by atoms with Crippen molar-refractivity contribution >= 4 is 0 Å². The summed E-state index contributed by atoms with van der Waals surface area (Å²) >= 11 is 0. The third-order valence-electron chi connectivity index (χ3n) is 2.82. The number of benzene rings is 1. The summed E-state index contributed by atoms with van der Waals surface area (Å²) < 4.78 is 11.2. The number of hydrogen-bond acceptors (Lipinski definition) is 4. The summed E-state index contributed by atoms with van der Waals surface area (Å²) in [4.78, 5) is 2.15. The van der Waals surface area contributed by atoms with E-state index in [-0.39, 0.29) is 6.04 Å². The van der Waals surface area contributed by atoms with Crippen molar-refractivity contribution in [2.75, 3.05) is 33.9 Å². The lowest BCUT2D eigenvalue weighted by Gasteiger charge is -2.11. The van der Waals surface area contributed by atoms with Gasteiger partial charge in [-0.05, 0) is 32.6 Å². The van der Waals surface area contributed by atoms with Crippen molar-refractivity contribution in [1.29, 1.82) is 0 Å². The molecule has 2 N–H and O–H groups in total. The fourth-order valence-corrected chi connectivity index (χ4v) is 1.88. The van der Waals surface area contributed by atoms with Crippen LogP contribution in [0.5, 0.6) is 11.5 Å². The molecule has 1 aromatic rings. The van der Waals surface area contributed by atoms with Crippen molar-refractivity contribution in [3.63, 3.8) is 0 Å². The Balaban J connectivity index is 1.86. The van der Waals surface area contributed by atoms with E-state index in [2.05, 4.69) is 19.0 Å². The van der Waals surface area contributed by atoms with E-state index < -0.39 is 0 Å². The van der Waals surface area contributed by atoms with Crippen molar-refractivity contribution in [1.82, 2.24) is 4.90 Å². The average Bonchev–Trinajstić information content (AvgIpc) is 2.66. The minimum Gasteiger partial charge on any atom is -0.493 e. The van der Waals surface area contributed by atoms with Crippen LogP contribution in [0.25, 0.3) is 0 Å². The van der Waals surface area contributed by atoms with Gasteiger partial charge >= 0.3 is 0 Å². The van der Waals surface area contributed by atoms with Gasteiger partial charge in [0.1, 0.15) is 18.1 Å². The van der Waals surface area contributed by atoms with E-state index in [9.17, 15) is 0 Å². The van der Waals surface area contributed by atoms with E-state index in [0.717, 1.165) is 36.6 Å². The van der Waals surface area contributed by atoms with Gasteiger partial charge in [-0.2, -0.15) is 0 Å². The number of nitrogens with zero attached hydrogens (tertiary/aromatic N) is 1. The maximum Gasteiger partial charge on any atom is 0.127 e. The zero-order valence-electron chi connectivity index (χ0n) is 10.5. The fourth-order valence-electron chi connectivity index (χ4n) is 1.88. The minimum absolute atomic E-state index is 0.00721. The van der Waals surface area contributed by atoms with Gasteiger partial charge in [0.05, 0.1) is 12.6 Å². The van der Waals surface area contributed by atoms with Gasteiger partial charge in [-0.3, -0.25) is 0 Å². The molecule has 0 fully saturated rings. The van der Waals surface area contributed by atoms with Crippen LogP contribution >= 0.6 is 0 Å². The van der Waals surface area contributed by atoms with Gasteiger partial charge in [0.25, 0.3) is 0 Å². The molecule has 1 aliphatic heterocycles. The number of fused-ring (bicyclic) bond motifs is 1. The van der Waals surface area contributed by atoms with Crippen molar-refractivity contribution in [3.05, 3.63) is 23.8 Å². The molecule has 1 aromatic carbocycles. The zero-order valence-corrected chi connectivity index (χ0v) is 10.5. The minimum atomic E-state index is 0.00721. The molecule has 0 saturated heterocycles. The van der Waals surface area contributed by atoms with Crippen LogP contribution < -0.4 is 15.2 Å². The quantitative estimate of drug-likeness (QED) is 0.785. The number of nitrogens with two attached hydrogens (primary N) is 1. The Morgan fingerprint density at radius 2 is 2.29 bits per heavy atom. The Kier molecular flexibility index (Phi) is 3.86. The number of ether oxygens (including phenoxy) is 2. The molecule has 1 heterocycles. The monoisotopic (exact) mass is 236 g/mol. The summed E-state index contributed by atoms with van der Waals surface area (Å²) in [6.07, 6.45) is 1.02. The lowest BCUT2D eigenvalue weighted by molar-refractivity contribution is 0.279. The van der Waals surface area contributed by atoms with Crippen LogP contribution in [-0.2, 0) is 0 Å². The average molecular weight is 236 g/mol. The first-order valence-electron chi connectivity index (χ1n) is 5.96. The second-order valence-electron chi connectivity index (χ2n) is 4.62. The van der Waals surface area contributed by atoms with E-state index in [1.807, 2.05) is 18.2 Å². The molecule has 0 aromatic heterocycles. The normalized spacial score (nSPS) is 18.0. The zero-order chi connectivity index (χ0) is 12.3. The third kappa shape index (κ3) is 3.11. The Labute approximate surface area is 102 Å². The Morgan fingerprint density at radius 1 is 1.47 bits per heavy atom. The molecule has 0 bridgehead atoms. The molecule has 1 atom stereocenters. The molecule has 2 rings (SSSR count). The van der Waals surface area contributed by atoms with Gasteiger partial charge in [-0.25, -0.2) is 0 Å². The molecule has 94 valence electrons. The molecule has 0 saturated carbocycles. The van der Waals surface area contributed by atoms with E-state index >= 15 is 0 Å². The number of hydrogen-bond donors (Lipinski definition) is 1. The summed E-state index contributed by atoms with van der Waals surface area (Å²) in [6.45, 7) is 2.33. The van der Waals surface area contributed by atoms with Crippen LogP contribution in [0.3, 0.4) is 0 Å². The molecular formula is C13H20N2O2. The van der Waals surface area contributed by atoms with Crippen LogP contribution in [0.15, 0.2) is 18.2 Å². The predicted octanol–water partition coefficient (Wildman–Crippen LogP) is 1.41. The lowest BCUT2D eigenvalue weighted by atomic mass is 10.1. The SMILES string of the molecule is CN(C)CCCOc1ccc2c(c1)OCC2N. The molecule has 4 heteroatoms. The summed E-state index contributed by atoms with van der Waals surface area (Å²) in [7, 11) is 4.12. The standard InChI is InChI=1S/C13H20N2O2/c1-15(2)6-3-7-16-10-4-5-11-12(14)9-17-13(11)8-10/h4-5,8,12H,3,6-7,9,14H2,1-2H3. The van der Waals surface area contributed by atoms with Gasteiger partial charge in [-0.15, -0.1) is 0 Å². The second kappa shape index (κ2) is 5.38. The molecular weight excluding hydrogens is 216 g/mol. The summed E-state index contributed by atoms with van der Waals surface area (Å²) in [5, 5.41) is 0. The molecule has 1 unspecified atom stereocenters. The Hall–Kier alpha value is -1.26. The first-order chi connectivity index (χ1) is 8.16. The molecule has 1 aliphatic rings. The van der Waals surface area contributed by atoms with Gasteiger partial charge in [0, 0.05) is 18.2 Å². The van der Waals surface area contributed by atoms with Crippen LogP contribution in [0.2, 0.25) is 0 Å². The maximum atomic E-state index is 5.88. The van der Waals surface area contributed by atoms with Crippen molar-refractivity contribution < 1.29 is 9.47 Å². The van der Waals surface area contributed by atoms with Crippen molar-refractivity contribution in [2.45, 2.75) is 12.5 Å². The van der Waals surface area contributed by atoms with Crippen molar-refractivity contribution in [3.8, 4) is 11.5 Å². The van der Waals surface area contributed by atoms with Gasteiger partial charge < -0.3 is 20.1 Å². The van der Waals surface area contributed by atoms with E-state index in [1.54, 1.807) is 0 Å². The lowest BCUT2D eigenvalue weighted by Crippen LogP contribution is -2.15. The van der Waals surface area contributed by atoms with E-state index in [0.29, 0.717) is 6.61 Å². The highest BCUT2D eigenvalue weighted by Crippen LogP contribution is 2.33. The highest BCUT2D eigenvalue weighted by atomic mass is 16.5. The molecule has 0 spiro atoms. The first-order valence-corrected chi connectivity index (χ1v) is 5.96. The largest absolute Gasteiger partial charge is 0.493 e. The molecule has 4 nitrogen and oxygen atoms in total. The first kappa shape index (κ1) is 12.2. The van der Waals surface area contributed by atoms with Crippen LogP contribution in [0.4, 0.5) is 0 Å². The summed E-state index contributed by atoms with van der Waals surface area (Å²) in [6, 6.07) is 5.89. The van der Waals surface area contributed by atoms with Gasteiger partial charge in [0.15, 0.2) is 0 Å². The Bertz CT molecular complexity index is 380. The topological polar surface area (TPSA) is 47.7 Å². The third-order valence-corrected chi connectivity index (χ3v) is 2.82. The van der Waals surface area contributed by atoms with Crippen LogP contribution in [0.1, 0.15) is 18.0 Å².